The minimum atomic E-state index is 0.638. The fourth-order valence-electron chi connectivity index (χ4n) is 2.74. The van der Waals surface area contributed by atoms with Gasteiger partial charge in [-0.2, -0.15) is 5.10 Å². The van der Waals surface area contributed by atoms with Crippen molar-refractivity contribution in [3.8, 4) is 0 Å². The van der Waals surface area contributed by atoms with E-state index in [4.69, 9.17) is 0 Å². The lowest BCUT2D eigenvalue weighted by Crippen LogP contribution is -2.31. The molecular formula is C16H31N3. The summed E-state index contributed by atoms with van der Waals surface area (Å²) < 4.78 is 2.00. The first kappa shape index (κ1) is 16.2. The van der Waals surface area contributed by atoms with E-state index >= 15 is 0 Å². The highest BCUT2D eigenvalue weighted by atomic mass is 15.3. The first-order valence-corrected chi connectivity index (χ1v) is 7.71. The Labute approximate surface area is 118 Å². The fraction of sp³-hybridized carbons (Fsp3) is 0.812. The summed E-state index contributed by atoms with van der Waals surface area (Å²) in [5.41, 5.74) is 3.95. The molecule has 110 valence electrons. The SMILES string of the molecule is CCNC(CCc1c(C)nn(C)c1C)CC(C)CC. The Kier molecular flexibility index (Phi) is 6.56. The smallest absolute Gasteiger partial charge is 0.0628 e. The molecule has 0 aliphatic rings. The van der Waals surface area contributed by atoms with Crippen molar-refractivity contribution in [3.63, 3.8) is 0 Å². The monoisotopic (exact) mass is 265 g/mol. The molecule has 0 aromatic carbocycles. The molecule has 1 aromatic rings. The number of hydrogen-bond donors (Lipinski definition) is 1. The van der Waals surface area contributed by atoms with Gasteiger partial charge in [0.1, 0.15) is 0 Å². The molecule has 0 aliphatic carbocycles. The zero-order chi connectivity index (χ0) is 14.4. The topological polar surface area (TPSA) is 29.9 Å². The Morgan fingerprint density at radius 3 is 2.42 bits per heavy atom. The zero-order valence-corrected chi connectivity index (χ0v) is 13.6. The maximum Gasteiger partial charge on any atom is 0.0628 e. The maximum absolute atomic E-state index is 4.51. The number of aromatic nitrogens is 2. The quantitative estimate of drug-likeness (QED) is 0.781. The van der Waals surface area contributed by atoms with Gasteiger partial charge in [0.25, 0.3) is 0 Å². The average molecular weight is 265 g/mol. The summed E-state index contributed by atoms with van der Waals surface area (Å²) >= 11 is 0. The Morgan fingerprint density at radius 1 is 1.26 bits per heavy atom. The Balaban J connectivity index is 2.60. The molecule has 0 saturated heterocycles. The van der Waals surface area contributed by atoms with E-state index in [-0.39, 0.29) is 0 Å². The van der Waals surface area contributed by atoms with Crippen LogP contribution in [0.4, 0.5) is 0 Å². The van der Waals surface area contributed by atoms with Gasteiger partial charge >= 0.3 is 0 Å². The van der Waals surface area contributed by atoms with Crippen LogP contribution in [0, 0.1) is 19.8 Å². The van der Waals surface area contributed by atoms with Crippen LogP contribution in [0.1, 0.15) is 57.0 Å². The lowest BCUT2D eigenvalue weighted by molar-refractivity contribution is 0.382. The second-order valence-electron chi connectivity index (χ2n) is 5.82. The summed E-state index contributed by atoms with van der Waals surface area (Å²) in [6.07, 6.45) is 4.90. The predicted octanol–water partition coefficient (Wildman–Crippen LogP) is 3.38. The maximum atomic E-state index is 4.51. The normalized spacial score (nSPS) is 14.6. The molecule has 0 bridgehead atoms. The standard InChI is InChI=1S/C16H31N3/c1-7-12(3)11-15(17-8-2)9-10-16-13(4)18-19(6)14(16)5/h12,15,17H,7-11H2,1-6H3. The molecule has 1 rings (SSSR count). The van der Waals surface area contributed by atoms with Crippen LogP contribution in [0.15, 0.2) is 0 Å². The van der Waals surface area contributed by atoms with Crippen LogP contribution < -0.4 is 5.32 Å². The highest BCUT2D eigenvalue weighted by Gasteiger charge is 2.14. The Hall–Kier alpha value is -0.830. The second-order valence-corrected chi connectivity index (χ2v) is 5.82. The molecule has 0 amide bonds. The van der Waals surface area contributed by atoms with E-state index in [1.54, 1.807) is 0 Å². The molecule has 0 aliphatic heterocycles. The zero-order valence-electron chi connectivity index (χ0n) is 13.6. The van der Waals surface area contributed by atoms with Gasteiger partial charge in [-0.25, -0.2) is 0 Å². The van der Waals surface area contributed by atoms with Crippen LogP contribution in [0.2, 0.25) is 0 Å². The van der Waals surface area contributed by atoms with Crippen LogP contribution in [0.25, 0.3) is 0 Å². The van der Waals surface area contributed by atoms with E-state index in [1.165, 1.54) is 36.2 Å². The van der Waals surface area contributed by atoms with Crippen LogP contribution in [-0.2, 0) is 13.5 Å². The van der Waals surface area contributed by atoms with Crippen molar-refractivity contribution in [1.82, 2.24) is 15.1 Å². The molecule has 1 aromatic heterocycles. The predicted molar refractivity (Wildman–Crippen MR) is 82.5 cm³/mol. The fourth-order valence-corrected chi connectivity index (χ4v) is 2.74. The number of nitrogens with zero attached hydrogens (tertiary/aromatic N) is 2. The van der Waals surface area contributed by atoms with Crippen LogP contribution >= 0.6 is 0 Å². The first-order chi connectivity index (χ1) is 8.99. The van der Waals surface area contributed by atoms with E-state index in [2.05, 4.69) is 45.0 Å². The molecule has 1 N–H and O–H groups in total. The third-order valence-corrected chi connectivity index (χ3v) is 4.28. The first-order valence-electron chi connectivity index (χ1n) is 7.71. The van der Waals surface area contributed by atoms with E-state index in [9.17, 15) is 0 Å². The van der Waals surface area contributed by atoms with Crippen molar-refractivity contribution in [1.29, 1.82) is 0 Å². The summed E-state index contributed by atoms with van der Waals surface area (Å²) in [4.78, 5) is 0. The molecule has 0 saturated carbocycles. The number of aryl methyl sites for hydroxylation is 2. The van der Waals surface area contributed by atoms with Gasteiger partial charge in [0, 0.05) is 18.8 Å². The highest BCUT2D eigenvalue weighted by Crippen LogP contribution is 2.18. The lowest BCUT2D eigenvalue weighted by atomic mass is 9.94. The van der Waals surface area contributed by atoms with Gasteiger partial charge in [0.05, 0.1) is 5.69 Å². The average Bonchev–Trinajstić information content (AvgIpc) is 2.61. The van der Waals surface area contributed by atoms with Gasteiger partial charge in [0.2, 0.25) is 0 Å². The molecule has 2 unspecified atom stereocenters. The van der Waals surface area contributed by atoms with E-state index in [0.29, 0.717) is 6.04 Å². The summed E-state index contributed by atoms with van der Waals surface area (Å²) in [5, 5.41) is 8.14. The van der Waals surface area contributed by atoms with Gasteiger partial charge < -0.3 is 5.32 Å². The molecule has 3 nitrogen and oxygen atoms in total. The van der Waals surface area contributed by atoms with Gasteiger partial charge in [-0.3, -0.25) is 4.68 Å². The third kappa shape index (κ3) is 4.64. The van der Waals surface area contributed by atoms with E-state index in [1.807, 2.05) is 11.7 Å². The van der Waals surface area contributed by atoms with Crippen molar-refractivity contribution in [3.05, 3.63) is 17.0 Å². The Bertz CT molecular complexity index is 382. The van der Waals surface area contributed by atoms with Gasteiger partial charge in [-0.1, -0.05) is 27.2 Å². The Morgan fingerprint density at radius 2 is 1.95 bits per heavy atom. The number of hydrogen-bond acceptors (Lipinski definition) is 2. The summed E-state index contributed by atoms with van der Waals surface area (Å²) in [5.74, 6) is 0.806. The summed E-state index contributed by atoms with van der Waals surface area (Å²) in [6, 6.07) is 0.638. The van der Waals surface area contributed by atoms with Crippen molar-refractivity contribution in [2.75, 3.05) is 6.54 Å². The number of nitrogens with one attached hydrogen (secondary N) is 1. The van der Waals surface area contributed by atoms with E-state index < -0.39 is 0 Å². The van der Waals surface area contributed by atoms with Gasteiger partial charge in [0.15, 0.2) is 0 Å². The molecule has 2 atom stereocenters. The van der Waals surface area contributed by atoms with Crippen LogP contribution in [0.5, 0.6) is 0 Å². The molecule has 0 spiro atoms. The molecule has 3 heteroatoms. The van der Waals surface area contributed by atoms with Crippen molar-refractivity contribution >= 4 is 0 Å². The summed E-state index contributed by atoms with van der Waals surface area (Å²) in [7, 11) is 2.03. The van der Waals surface area contributed by atoms with Crippen molar-refractivity contribution < 1.29 is 0 Å². The molecule has 19 heavy (non-hydrogen) atoms. The molecule has 0 radical (unpaired) electrons. The molecular weight excluding hydrogens is 234 g/mol. The third-order valence-electron chi connectivity index (χ3n) is 4.28. The molecule has 0 fully saturated rings. The largest absolute Gasteiger partial charge is 0.314 e. The molecule has 1 heterocycles. The minimum Gasteiger partial charge on any atom is -0.314 e. The summed E-state index contributed by atoms with van der Waals surface area (Å²) in [6.45, 7) is 12.2. The number of rotatable bonds is 8. The second kappa shape index (κ2) is 7.68. The van der Waals surface area contributed by atoms with E-state index in [0.717, 1.165) is 18.9 Å². The highest BCUT2D eigenvalue weighted by molar-refractivity contribution is 5.24. The van der Waals surface area contributed by atoms with Gasteiger partial charge in [-0.05, 0) is 51.1 Å². The van der Waals surface area contributed by atoms with Crippen LogP contribution in [-0.4, -0.2) is 22.4 Å². The lowest BCUT2D eigenvalue weighted by Gasteiger charge is -2.21. The van der Waals surface area contributed by atoms with Crippen LogP contribution in [0.3, 0.4) is 0 Å². The van der Waals surface area contributed by atoms with Gasteiger partial charge in [-0.15, -0.1) is 0 Å². The minimum absolute atomic E-state index is 0.638. The van der Waals surface area contributed by atoms with Crippen molar-refractivity contribution in [2.24, 2.45) is 13.0 Å². The van der Waals surface area contributed by atoms with Crippen molar-refractivity contribution in [2.45, 2.75) is 66.3 Å².